The van der Waals surface area contributed by atoms with Crippen molar-refractivity contribution >= 4 is 21.9 Å². The topological polar surface area (TPSA) is 26.0 Å². The minimum Gasteiger partial charge on any atom is -0.459 e. The molecule has 0 atom stereocenters. The van der Waals surface area contributed by atoms with Gasteiger partial charge in [-0.15, -0.1) is 0 Å². The largest absolute Gasteiger partial charge is 0.459 e. The van der Waals surface area contributed by atoms with Crippen LogP contribution >= 0.6 is 0 Å². The van der Waals surface area contributed by atoms with E-state index in [2.05, 4.69) is 24.0 Å². The summed E-state index contributed by atoms with van der Waals surface area (Å²) < 4.78 is 5.75. The molecule has 16 heavy (non-hydrogen) atoms. The second-order valence-electron chi connectivity index (χ2n) is 4.02. The Morgan fingerprint density at radius 3 is 2.94 bits per heavy atom. The first-order chi connectivity index (χ1) is 7.88. The quantitative estimate of drug-likeness (QED) is 0.641. The maximum Gasteiger partial charge on any atom is 0.153 e. The van der Waals surface area contributed by atoms with E-state index in [1.165, 1.54) is 10.8 Å². The van der Waals surface area contributed by atoms with Gasteiger partial charge in [-0.2, -0.15) is 0 Å². The van der Waals surface area contributed by atoms with Crippen LogP contribution in [0.25, 0.3) is 21.9 Å². The van der Waals surface area contributed by atoms with Crippen molar-refractivity contribution in [2.45, 2.75) is 19.8 Å². The summed E-state index contributed by atoms with van der Waals surface area (Å²) in [5, 5.41) is 2.35. The van der Waals surface area contributed by atoms with E-state index in [9.17, 15) is 0 Å². The Morgan fingerprint density at radius 1 is 1.19 bits per heavy atom. The zero-order valence-electron chi connectivity index (χ0n) is 9.23. The molecule has 0 unspecified atom stereocenters. The number of hydrogen-bond donors (Lipinski definition) is 0. The van der Waals surface area contributed by atoms with Crippen molar-refractivity contribution in [3.05, 3.63) is 42.3 Å². The molecule has 0 amide bonds. The first-order valence-electron chi connectivity index (χ1n) is 5.64. The molecule has 0 aliphatic heterocycles. The number of aryl methyl sites for hydroxylation is 1. The van der Waals surface area contributed by atoms with Gasteiger partial charge < -0.3 is 4.42 Å². The van der Waals surface area contributed by atoms with Crippen LogP contribution in [0.2, 0.25) is 0 Å². The SMILES string of the molecule is CCCc1cc2c(cnc3ccccc32)o1. The third kappa shape index (κ3) is 1.38. The molecule has 0 fully saturated rings. The fraction of sp³-hybridized carbons (Fsp3) is 0.214. The minimum atomic E-state index is 0.891. The van der Waals surface area contributed by atoms with Crippen LogP contribution in [0.3, 0.4) is 0 Å². The molecule has 0 saturated carbocycles. The summed E-state index contributed by atoms with van der Waals surface area (Å²) in [5.41, 5.74) is 1.92. The van der Waals surface area contributed by atoms with Gasteiger partial charge >= 0.3 is 0 Å². The van der Waals surface area contributed by atoms with Gasteiger partial charge in [0.2, 0.25) is 0 Å². The van der Waals surface area contributed by atoms with E-state index in [4.69, 9.17) is 4.42 Å². The molecule has 3 rings (SSSR count). The van der Waals surface area contributed by atoms with Gasteiger partial charge in [0.05, 0.1) is 11.7 Å². The van der Waals surface area contributed by atoms with Crippen molar-refractivity contribution in [1.29, 1.82) is 0 Å². The number of nitrogens with zero attached hydrogens (tertiary/aromatic N) is 1. The number of hydrogen-bond acceptors (Lipinski definition) is 2. The fourth-order valence-electron chi connectivity index (χ4n) is 2.08. The molecule has 0 radical (unpaired) electrons. The van der Waals surface area contributed by atoms with Gasteiger partial charge in [0.15, 0.2) is 5.58 Å². The molecule has 2 heteroatoms. The Morgan fingerprint density at radius 2 is 2.06 bits per heavy atom. The van der Waals surface area contributed by atoms with Gasteiger partial charge in [-0.3, -0.25) is 4.98 Å². The van der Waals surface area contributed by atoms with Crippen molar-refractivity contribution in [1.82, 2.24) is 4.98 Å². The summed E-state index contributed by atoms with van der Waals surface area (Å²) >= 11 is 0. The Balaban J connectivity index is 2.32. The summed E-state index contributed by atoms with van der Waals surface area (Å²) in [7, 11) is 0. The molecule has 0 aliphatic carbocycles. The smallest absolute Gasteiger partial charge is 0.153 e. The monoisotopic (exact) mass is 211 g/mol. The van der Waals surface area contributed by atoms with Gasteiger partial charge in [-0.25, -0.2) is 0 Å². The number of fused-ring (bicyclic) bond motifs is 3. The molecule has 2 heterocycles. The third-order valence-corrected chi connectivity index (χ3v) is 2.82. The molecular formula is C14H13NO. The van der Waals surface area contributed by atoms with E-state index >= 15 is 0 Å². The number of para-hydroxylation sites is 1. The lowest BCUT2D eigenvalue weighted by molar-refractivity contribution is 0.544. The Labute approximate surface area is 93.9 Å². The van der Waals surface area contributed by atoms with E-state index in [1.54, 1.807) is 0 Å². The van der Waals surface area contributed by atoms with Crippen LogP contribution in [0.5, 0.6) is 0 Å². The molecule has 0 saturated heterocycles. The minimum absolute atomic E-state index is 0.891. The third-order valence-electron chi connectivity index (χ3n) is 2.82. The normalized spacial score (nSPS) is 11.3. The molecule has 0 N–H and O–H groups in total. The summed E-state index contributed by atoms with van der Waals surface area (Å²) in [5.74, 6) is 1.05. The molecule has 2 aromatic heterocycles. The number of aromatic nitrogens is 1. The Hall–Kier alpha value is -1.83. The molecule has 0 aliphatic rings. The predicted octanol–water partition coefficient (Wildman–Crippen LogP) is 3.93. The van der Waals surface area contributed by atoms with Gasteiger partial charge in [0.25, 0.3) is 0 Å². The van der Waals surface area contributed by atoms with E-state index in [-0.39, 0.29) is 0 Å². The highest BCUT2D eigenvalue weighted by Gasteiger charge is 2.06. The van der Waals surface area contributed by atoms with Gasteiger partial charge in [-0.05, 0) is 18.6 Å². The van der Waals surface area contributed by atoms with Crippen LogP contribution in [0.15, 0.2) is 40.9 Å². The maximum atomic E-state index is 5.75. The summed E-state index contributed by atoms with van der Waals surface area (Å²) in [6, 6.07) is 10.3. The van der Waals surface area contributed by atoms with Crippen molar-refractivity contribution in [2.24, 2.45) is 0 Å². The van der Waals surface area contributed by atoms with Crippen molar-refractivity contribution in [3.8, 4) is 0 Å². The zero-order chi connectivity index (χ0) is 11.0. The molecule has 0 spiro atoms. The van der Waals surface area contributed by atoms with Crippen molar-refractivity contribution in [3.63, 3.8) is 0 Å². The first kappa shape index (κ1) is 9.40. The molecule has 0 bridgehead atoms. The lowest BCUT2D eigenvalue weighted by atomic mass is 10.1. The van der Waals surface area contributed by atoms with Crippen LogP contribution in [0.4, 0.5) is 0 Å². The average Bonchev–Trinajstić information content (AvgIpc) is 2.72. The van der Waals surface area contributed by atoms with Crippen LogP contribution in [-0.2, 0) is 6.42 Å². The summed E-state index contributed by atoms with van der Waals surface area (Å²) in [4.78, 5) is 4.39. The molecule has 2 nitrogen and oxygen atoms in total. The molecule has 1 aromatic carbocycles. The average molecular weight is 211 g/mol. The van der Waals surface area contributed by atoms with Crippen LogP contribution in [0, 0.1) is 0 Å². The highest BCUT2D eigenvalue weighted by atomic mass is 16.3. The summed E-state index contributed by atoms with van der Waals surface area (Å²) in [6.07, 6.45) is 3.91. The van der Waals surface area contributed by atoms with E-state index in [0.717, 1.165) is 29.7 Å². The first-order valence-corrected chi connectivity index (χ1v) is 5.64. The van der Waals surface area contributed by atoms with Crippen LogP contribution < -0.4 is 0 Å². The summed E-state index contributed by atoms with van der Waals surface area (Å²) in [6.45, 7) is 2.16. The van der Waals surface area contributed by atoms with E-state index < -0.39 is 0 Å². The molecular weight excluding hydrogens is 198 g/mol. The zero-order valence-corrected chi connectivity index (χ0v) is 9.23. The van der Waals surface area contributed by atoms with E-state index in [0.29, 0.717) is 0 Å². The van der Waals surface area contributed by atoms with Crippen LogP contribution in [0.1, 0.15) is 19.1 Å². The Bertz CT molecular complexity index is 639. The lowest BCUT2D eigenvalue weighted by Gasteiger charge is -1.95. The molecule has 80 valence electrons. The maximum absolute atomic E-state index is 5.75. The predicted molar refractivity (Wildman–Crippen MR) is 65.5 cm³/mol. The second kappa shape index (κ2) is 3.63. The van der Waals surface area contributed by atoms with Gasteiger partial charge in [0.1, 0.15) is 5.76 Å². The van der Waals surface area contributed by atoms with Crippen LogP contribution in [-0.4, -0.2) is 4.98 Å². The molecule has 3 aromatic rings. The standard InChI is InChI=1S/C14H13NO/c1-2-5-10-8-12-11-6-3-4-7-13(11)15-9-14(12)16-10/h3-4,6-9H,2,5H2,1H3. The van der Waals surface area contributed by atoms with Gasteiger partial charge in [0, 0.05) is 17.2 Å². The highest BCUT2D eigenvalue weighted by molar-refractivity contribution is 6.03. The van der Waals surface area contributed by atoms with Gasteiger partial charge in [-0.1, -0.05) is 25.1 Å². The van der Waals surface area contributed by atoms with Crippen molar-refractivity contribution in [2.75, 3.05) is 0 Å². The van der Waals surface area contributed by atoms with Crippen molar-refractivity contribution < 1.29 is 4.42 Å². The second-order valence-corrected chi connectivity index (χ2v) is 4.02. The number of rotatable bonds is 2. The highest BCUT2D eigenvalue weighted by Crippen LogP contribution is 2.26. The lowest BCUT2D eigenvalue weighted by Crippen LogP contribution is -1.77. The number of benzene rings is 1. The Kier molecular flexibility index (Phi) is 2.13. The number of pyridine rings is 1. The van der Waals surface area contributed by atoms with E-state index in [1.807, 2.05) is 24.4 Å². The fourth-order valence-corrected chi connectivity index (χ4v) is 2.08. The number of furan rings is 1.